The Morgan fingerprint density at radius 2 is 1.88 bits per heavy atom. The maximum Gasteiger partial charge on any atom is 0.226 e. The lowest BCUT2D eigenvalue weighted by molar-refractivity contribution is -0.117. The first-order chi connectivity index (χ1) is 11.5. The molecular weight excluding hydrogens is 328 g/mol. The van der Waals surface area contributed by atoms with E-state index in [0.29, 0.717) is 22.1 Å². The summed E-state index contributed by atoms with van der Waals surface area (Å²) in [5, 5.41) is 3.39. The van der Waals surface area contributed by atoms with Crippen molar-refractivity contribution >= 4 is 34.8 Å². The molecule has 0 saturated carbocycles. The van der Waals surface area contributed by atoms with Crippen LogP contribution >= 0.6 is 11.6 Å². The Bertz CT molecular complexity index is 716. The van der Waals surface area contributed by atoms with Crippen molar-refractivity contribution in [2.75, 3.05) is 23.9 Å². The number of halogens is 1. The van der Waals surface area contributed by atoms with Gasteiger partial charge in [0.05, 0.1) is 7.11 Å². The third kappa shape index (κ3) is 4.99. The maximum absolute atomic E-state index is 12.1. The highest BCUT2D eigenvalue weighted by Gasteiger charge is 2.13. The number of methoxy groups -OCH3 is 1. The van der Waals surface area contributed by atoms with Crippen LogP contribution in [0.5, 0.6) is 5.75 Å². The fraction of sp³-hybridized carbons (Fsp3) is 0.222. The normalized spacial score (nSPS) is 10.1. The zero-order valence-corrected chi connectivity index (χ0v) is 14.3. The summed E-state index contributed by atoms with van der Waals surface area (Å²) in [7, 11) is 1.57. The zero-order valence-electron chi connectivity index (χ0n) is 13.6. The Kier molecular flexibility index (Phi) is 6.21. The summed E-state index contributed by atoms with van der Waals surface area (Å²) in [5.74, 6) is 0.356. The van der Waals surface area contributed by atoms with Crippen molar-refractivity contribution in [2.45, 2.75) is 13.3 Å². The molecule has 0 spiro atoms. The highest BCUT2D eigenvalue weighted by Crippen LogP contribution is 2.19. The number of rotatable bonds is 6. The van der Waals surface area contributed by atoms with Crippen molar-refractivity contribution in [1.82, 2.24) is 0 Å². The first-order valence-corrected chi connectivity index (χ1v) is 7.85. The summed E-state index contributed by atoms with van der Waals surface area (Å²) in [6.45, 7) is 1.75. The molecule has 0 aliphatic carbocycles. The first-order valence-electron chi connectivity index (χ1n) is 7.47. The van der Waals surface area contributed by atoms with Crippen LogP contribution in [0.2, 0.25) is 5.02 Å². The molecule has 2 aromatic rings. The number of hydrogen-bond donors (Lipinski definition) is 1. The summed E-state index contributed by atoms with van der Waals surface area (Å²) in [6, 6.07) is 14.0. The number of amides is 2. The number of nitrogens with one attached hydrogen (secondary N) is 1. The molecule has 0 aromatic heterocycles. The number of nitrogens with zero attached hydrogens (tertiary/aromatic N) is 1. The molecule has 0 bridgehead atoms. The molecule has 5 nitrogen and oxygen atoms in total. The van der Waals surface area contributed by atoms with Crippen LogP contribution < -0.4 is 15.0 Å². The van der Waals surface area contributed by atoms with Crippen molar-refractivity contribution in [3.05, 3.63) is 53.6 Å². The monoisotopic (exact) mass is 346 g/mol. The summed E-state index contributed by atoms with van der Waals surface area (Å²) in [6.07, 6.45) is 0.180. The molecule has 0 unspecified atom stereocenters. The van der Waals surface area contributed by atoms with Gasteiger partial charge < -0.3 is 15.0 Å². The van der Waals surface area contributed by atoms with E-state index in [9.17, 15) is 9.59 Å². The van der Waals surface area contributed by atoms with Gasteiger partial charge in [-0.1, -0.05) is 17.7 Å². The predicted octanol–water partition coefficient (Wildman–Crippen LogP) is 3.73. The Morgan fingerprint density at radius 1 is 1.17 bits per heavy atom. The summed E-state index contributed by atoms with van der Waals surface area (Å²) < 4.78 is 5.12. The maximum atomic E-state index is 12.1. The van der Waals surface area contributed by atoms with E-state index in [1.165, 1.54) is 6.92 Å². The standard InChI is InChI=1S/C18H19ClN2O3/c1-13(22)21(16-8-6-14(19)7-9-16)11-10-18(23)20-15-4-3-5-17(12-15)24-2/h3-9,12H,10-11H2,1-2H3,(H,20,23). The van der Waals surface area contributed by atoms with Gasteiger partial charge in [0.1, 0.15) is 5.75 Å². The second-order valence-electron chi connectivity index (χ2n) is 5.18. The molecule has 0 saturated heterocycles. The Labute approximate surface area is 146 Å². The number of benzene rings is 2. The van der Waals surface area contributed by atoms with Crippen LogP contribution in [0.15, 0.2) is 48.5 Å². The SMILES string of the molecule is COc1cccc(NC(=O)CCN(C(C)=O)c2ccc(Cl)cc2)c1. The van der Waals surface area contributed by atoms with Crippen LogP contribution in [0.4, 0.5) is 11.4 Å². The smallest absolute Gasteiger partial charge is 0.226 e. The quantitative estimate of drug-likeness (QED) is 0.867. The topological polar surface area (TPSA) is 58.6 Å². The number of hydrogen-bond acceptors (Lipinski definition) is 3. The molecule has 2 amide bonds. The molecule has 6 heteroatoms. The van der Waals surface area contributed by atoms with Crippen LogP contribution in [0.25, 0.3) is 0 Å². The van der Waals surface area contributed by atoms with Crippen LogP contribution in [0, 0.1) is 0 Å². The second kappa shape index (κ2) is 8.36. The third-order valence-electron chi connectivity index (χ3n) is 3.43. The minimum absolute atomic E-state index is 0.133. The predicted molar refractivity (Wildman–Crippen MR) is 95.7 cm³/mol. The lowest BCUT2D eigenvalue weighted by Gasteiger charge is -2.21. The van der Waals surface area contributed by atoms with Gasteiger partial charge in [-0.3, -0.25) is 9.59 Å². The molecule has 2 aromatic carbocycles. The van der Waals surface area contributed by atoms with Gasteiger partial charge in [0.25, 0.3) is 0 Å². The average molecular weight is 347 g/mol. The first kappa shape index (κ1) is 17.8. The van der Waals surface area contributed by atoms with E-state index in [0.717, 1.165) is 0 Å². The Balaban J connectivity index is 1.97. The van der Waals surface area contributed by atoms with Crippen molar-refractivity contribution in [3.63, 3.8) is 0 Å². The minimum atomic E-state index is -0.177. The summed E-state index contributed by atoms with van der Waals surface area (Å²) in [5.41, 5.74) is 1.36. The highest BCUT2D eigenvalue weighted by atomic mass is 35.5. The van der Waals surface area contributed by atoms with Gasteiger partial charge in [0.2, 0.25) is 11.8 Å². The van der Waals surface area contributed by atoms with Gasteiger partial charge in [-0.05, 0) is 36.4 Å². The highest BCUT2D eigenvalue weighted by molar-refractivity contribution is 6.30. The average Bonchev–Trinajstić information content (AvgIpc) is 2.56. The molecule has 24 heavy (non-hydrogen) atoms. The van der Waals surface area contributed by atoms with Gasteiger partial charge in [-0.15, -0.1) is 0 Å². The van der Waals surface area contributed by atoms with Gasteiger partial charge >= 0.3 is 0 Å². The summed E-state index contributed by atoms with van der Waals surface area (Å²) >= 11 is 5.86. The van der Waals surface area contributed by atoms with Crippen LogP contribution in [-0.2, 0) is 9.59 Å². The van der Waals surface area contributed by atoms with E-state index in [1.54, 1.807) is 60.5 Å². The fourth-order valence-corrected chi connectivity index (χ4v) is 2.35. The molecule has 0 heterocycles. The zero-order chi connectivity index (χ0) is 17.5. The summed E-state index contributed by atoms with van der Waals surface area (Å²) in [4.78, 5) is 25.5. The lowest BCUT2D eigenvalue weighted by Crippen LogP contribution is -2.31. The van der Waals surface area contributed by atoms with E-state index in [2.05, 4.69) is 5.32 Å². The molecule has 0 aliphatic rings. The van der Waals surface area contributed by atoms with E-state index in [1.807, 2.05) is 0 Å². The van der Waals surface area contributed by atoms with Crippen LogP contribution in [-0.4, -0.2) is 25.5 Å². The third-order valence-corrected chi connectivity index (χ3v) is 3.69. The Hall–Kier alpha value is -2.53. The number of carbonyl (C=O) groups excluding carboxylic acids is 2. The molecule has 0 radical (unpaired) electrons. The minimum Gasteiger partial charge on any atom is -0.497 e. The van der Waals surface area contributed by atoms with Gasteiger partial charge in [-0.2, -0.15) is 0 Å². The van der Waals surface area contributed by atoms with E-state index in [4.69, 9.17) is 16.3 Å². The second-order valence-corrected chi connectivity index (χ2v) is 5.61. The van der Waals surface area contributed by atoms with Crippen molar-refractivity contribution in [2.24, 2.45) is 0 Å². The molecule has 1 N–H and O–H groups in total. The molecule has 0 fully saturated rings. The molecule has 126 valence electrons. The lowest BCUT2D eigenvalue weighted by atomic mass is 10.2. The van der Waals surface area contributed by atoms with Crippen LogP contribution in [0.1, 0.15) is 13.3 Å². The molecular formula is C18H19ClN2O3. The fourth-order valence-electron chi connectivity index (χ4n) is 2.23. The van der Waals surface area contributed by atoms with Crippen molar-refractivity contribution < 1.29 is 14.3 Å². The number of anilines is 2. The van der Waals surface area contributed by atoms with Crippen LogP contribution in [0.3, 0.4) is 0 Å². The van der Waals surface area contributed by atoms with Gasteiger partial charge in [0, 0.05) is 42.4 Å². The Morgan fingerprint density at radius 3 is 2.50 bits per heavy atom. The largest absolute Gasteiger partial charge is 0.497 e. The number of carbonyl (C=O) groups is 2. The molecule has 2 rings (SSSR count). The van der Waals surface area contributed by atoms with Gasteiger partial charge in [0.15, 0.2) is 0 Å². The van der Waals surface area contributed by atoms with Crippen molar-refractivity contribution in [3.8, 4) is 5.75 Å². The molecule has 0 aliphatic heterocycles. The molecule has 0 atom stereocenters. The van der Waals surface area contributed by atoms with Crippen molar-refractivity contribution in [1.29, 1.82) is 0 Å². The van der Waals surface area contributed by atoms with E-state index >= 15 is 0 Å². The number of ether oxygens (including phenoxy) is 1. The van der Waals surface area contributed by atoms with Gasteiger partial charge in [-0.25, -0.2) is 0 Å². The van der Waals surface area contributed by atoms with E-state index in [-0.39, 0.29) is 24.8 Å². The van der Waals surface area contributed by atoms with E-state index < -0.39 is 0 Å².